The van der Waals surface area contributed by atoms with E-state index in [2.05, 4.69) is 32.6 Å². The minimum Gasteiger partial charge on any atom is -0.377 e. The van der Waals surface area contributed by atoms with Crippen LogP contribution in [0.5, 0.6) is 0 Å². The quantitative estimate of drug-likeness (QED) is 0.802. The highest BCUT2D eigenvalue weighted by molar-refractivity contribution is 4.84. The van der Waals surface area contributed by atoms with E-state index in [1.165, 1.54) is 19.5 Å². The molecule has 1 aliphatic rings. The van der Waals surface area contributed by atoms with Crippen LogP contribution < -0.4 is 5.73 Å². The van der Waals surface area contributed by atoms with E-state index in [1.807, 2.05) is 0 Å². The van der Waals surface area contributed by atoms with E-state index < -0.39 is 0 Å². The second kappa shape index (κ2) is 6.17. The summed E-state index contributed by atoms with van der Waals surface area (Å²) in [5.74, 6) is 1.65. The van der Waals surface area contributed by atoms with Crippen LogP contribution >= 0.6 is 0 Å². The van der Waals surface area contributed by atoms with Crippen LogP contribution in [0.1, 0.15) is 40.5 Å². The van der Waals surface area contributed by atoms with Crippen molar-refractivity contribution in [3.8, 4) is 0 Å². The van der Waals surface area contributed by atoms with E-state index in [9.17, 15) is 0 Å². The standard InChI is InChI=1S/C14H30N2O/c1-11-8-12(2)10-16(9-11)7-6-13(15)14(3,4)17-5/h11-13H,6-10,15H2,1-5H3. The van der Waals surface area contributed by atoms with Crippen molar-refractivity contribution in [2.75, 3.05) is 26.7 Å². The SMILES string of the molecule is COC(C)(C)C(N)CCN1CC(C)CC(C)C1. The number of nitrogens with zero attached hydrogens (tertiary/aromatic N) is 1. The molecule has 0 radical (unpaired) electrons. The molecule has 3 unspecified atom stereocenters. The Morgan fingerprint density at radius 2 is 1.82 bits per heavy atom. The van der Waals surface area contributed by atoms with Crippen molar-refractivity contribution in [2.24, 2.45) is 17.6 Å². The summed E-state index contributed by atoms with van der Waals surface area (Å²) in [6, 6.07) is 0.111. The maximum Gasteiger partial charge on any atom is 0.0773 e. The Kier molecular flexibility index (Phi) is 5.42. The van der Waals surface area contributed by atoms with Gasteiger partial charge in [-0.3, -0.25) is 0 Å². The molecule has 0 aromatic carbocycles. The topological polar surface area (TPSA) is 38.5 Å². The van der Waals surface area contributed by atoms with E-state index in [0.29, 0.717) is 0 Å². The van der Waals surface area contributed by atoms with Crippen molar-refractivity contribution >= 4 is 0 Å². The number of methoxy groups -OCH3 is 1. The van der Waals surface area contributed by atoms with Crippen LogP contribution in [0.3, 0.4) is 0 Å². The summed E-state index contributed by atoms with van der Waals surface area (Å²) in [4.78, 5) is 2.56. The number of rotatable bonds is 5. The van der Waals surface area contributed by atoms with Gasteiger partial charge in [0.05, 0.1) is 5.60 Å². The summed E-state index contributed by atoms with van der Waals surface area (Å²) in [7, 11) is 1.74. The van der Waals surface area contributed by atoms with Crippen LogP contribution in [0, 0.1) is 11.8 Å². The van der Waals surface area contributed by atoms with Gasteiger partial charge in [-0.2, -0.15) is 0 Å². The molecule has 0 aliphatic carbocycles. The van der Waals surface area contributed by atoms with Gasteiger partial charge in [-0.15, -0.1) is 0 Å². The number of piperidine rings is 1. The highest BCUT2D eigenvalue weighted by Crippen LogP contribution is 2.22. The number of hydrogen-bond acceptors (Lipinski definition) is 3. The van der Waals surface area contributed by atoms with Gasteiger partial charge in [0.15, 0.2) is 0 Å². The van der Waals surface area contributed by atoms with Gasteiger partial charge < -0.3 is 15.4 Å². The predicted molar refractivity (Wildman–Crippen MR) is 73.1 cm³/mol. The van der Waals surface area contributed by atoms with Gasteiger partial charge in [0.1, 0.15) is 0 Å². The molecule has 3 heteroatoms. The largest absolute Gasteiger partial charge is 0.377 e. The monoisotopic (exact) mass is 242 g/mol. The molecular weight excluding hydrogens is 212 g/mol. The fourth-order valence-corrected chi connectivity index (χ4v) is 2.80. The molecule has 17 heavy (non-hydrogen) atoms. The number of hydrogen-bond donors (Lipinski definition) is 1. The lowest BCUT2D eigenvalue weighted by molar-refractivity contribution is -0.00522. The van der Waals surface area contributed by atoms with Gasteiger partial charge in [-0.05, 0) is 45.1 Å². The molecule has 0 saturated carbocycles. The first-order valence-electron chi connectivity index (χ1n) is 6.88. The summed E-state index contributed by atoms with van der Waals surface area (Å²) in [5.41, 5.74) is 5.98. The van der Waals surface area contributed by atoms with Crippen LogP contribution in [-0.2, 0) is 4.74 Å². The summed E-state index contributed by atoms with van der Waals surface area (Å²) in [5, 5.41) is 0. The van der Waals surface area contributed by atoms with Crippen molar-refractivity contribution in [2.45, 2.75) is 52.2 Å². The van der Waals surface area contributed by atoms with Gasteiger partial charge in [0.25, 0.3) is 0 Å². The smallest absolute Gasteiger partial charge is 0.0773 e. The highest BCUT2D eigenvalue weighted by Gasteiger charge is 2.27. The molecule has 0 spiro atoms. The molecule has 2 N–H and O–H groups in total. The number of ether oxygens (including phenoxy) is 1. The van der Waals surface area contributed by atoms with Crippen molar-refractivity contribution in [3.05, 3.63) is 0 Å². The third-order valence-electron chi connectivity index (χ3n) is 4.12. The molecule has 1 saturated heterocycles. The molecule has 3 atom stereocenters. The summed E-state index contributed by atoms with van der Waals surface area (Å²) in [6.07, 6.45) is 2.38. The maximum atomic E-state index is 6.20. The Labute approximate surface area is 107 Å². The molecule has 1 fully saturated rings. The average Bonchev–Trinajstić information content (AvgIpc) is 2.24. The Morgan fingerprint density at radius 1 is 1.29 bits per heavy atom. The average molecular weight is 242 g/mol. The summed E-state index contributed by atoms with van der Waals surface area (Å²) < 4.78 is 5.44. The first-order chi connectivity index (χ1) is 7.85. The zero-order valence-electron chi connectivity index (χ0n) is 12.2. The normalized spacial score (nSPS) is 29.3. The van der Waals surface area contributed by atoms with E-state index >= 15 is 0 Å². The van der Waals surface area contributed by atoms with Crippen molar-refractivity contribution < 1.29 is 4.74 Å². The first kappa shape index (κ1) is 14.9. The van der Waals surface area contributed by atoms with Gasteiger partial charge in [0, 0.05) is 26.2 Å². The van der Waals surface area contributed by atoms with E-state index in [1.54, 1.807) is 7.11 Å². The third kappa shape index (κ3) is 4.57. The maximum absolute atomic E-state index is 6.20. The third-order valence-corrected chi connectivity index (χ3v) is 4.12. The zero-order chi connectivity index (χ0) is 13.1. The van der Waals surface area contributed by atoms with E-state index in [0.717, 1.165) is 24.8 Å². The van der Waals surface area contributed by atoms with E-state index in [4.69, 9.17) is 10.5 Å². The van der Waals surface area contributed by atoms with Crippen LogP contribution in [0.2, 0.25) is 0 Å². The predicted octanol–water partition coefficient (Wildman–Crippen LogP) is 2.11. The number of likely N-dealkylation sites (tertiary alicyclic amines) is 1. The summed E-state index contributed by atoms with van der Waals surface area (Å²) >= 11 is 0. The molecule has 0 bridgehead atoms. The molecule has 3 nitrogen and oxygen atoms in total. The van der Waals surface area contributed by atoms with Gasteiger partial charge in [-0.25, -0.2) is 0 Å². The minimum atomic E-state index is -0.215. The van der Waals surface area contributed by atoms with Crippen molar-refractivity contribution in [3.63, 3.8) is 0 Å². The highest BCUT2D eigenvalue weighted by atomic mass is 16.5. The molecular formula is C14H30N2O. The number of nitrogens with two attached hydrogens (primary N) is 1. The Balaban J connectivity index is 2.35. The fraction of sp³-hybridized carbons (Fsp3) is 1.00. The van der Waals surface area contributed by atoms with Crippen molar-refractivity contribution in [1.82, 2.24) is 4.90 Å². The second-order valence-corrected chi connectivity index (χ2v) is 6.41. The molecule has 1 heterocycles. The Morgan fingerprint density at radius 3 is 2.29 bits per heavy atom. The van der Waals surface area contributed by atoms with Gasteiger partial charge >= 0.3 is 0 Å². The molecule has 0 amide bonds. The molecule has 0 aromatic rings. The van der Waals surface area contributed by atoms with Crippen LogP contribution in [0.25, 0.3) is 0 Å². The second-order valence-electron chi connectivity index (χ2n) is 6.41. The zero-order valence-corrected chi connectivity index (χ0v) is 12.2. The molecule has 1 rings (SSSR count). The lowest BCUT2D eigenvalue weighted by atomic mass is 9.91. The van der Waals surface area contributed by atoms with Crippen molar-refractivity contribution in [1.29, 1.82) is 0 Å². The first-order valence-corrected chi connectivity index (χ1v) is 6.88. The van der Waals surface area contributed by atoms with Gasteiger partial charge in [-0.1, -0.05) is 13.8 Å². The minimum absolute atomic E-state index is 0.111. The Bertz CT molecular complexity index is 220. The van der Waals surface area contributed by atoms with Crippen LogP contribution in [0.4, 0.5) is 0 Å². The molecule has 1 aliphatic heterocycles. The molecule has 0 aromatic heterocycles. The lowest BCUT2D eigenvalue weighted by Gasteiger charge is -2.37. The Hall–Kier alpha value is -0.120. The lowest BCUT2D eigenvalue weighted by Crippen LogP contribution is -2.48. The van der Waals surface area contributed by atoms with Crippen LogP contribution in [0.15, 0.2) is 0 Å². The summed E-state index contributed by atoms with van der Waals surface area (Å²) in [6.45, 7) is 12.4. The van der Waals surface area contributed by atoms with Crippen LogP contribution in [-0.4, -0.2) is 43.3 Å². The molecule has 102 valence electrons. The fourth-order valence-electron chi connectivity index (χ4n) is 2.80. The van der Waals surface area contributed by atoms with Gasteiger partial charge in [0.2, 0.25) is 0 Å². The van der Waals surface area contributed by atoms with E-state index in [-0.39, 0.29) is 11.6 Å².